The zero-order valence-corrected chi connectivity index (χ0v) is 19.7. The number of aromatic nitrogens is 1. The van der Waals surface area contributed by atoms with Crippen molar-refractivity contribution in [2.75, 3.05) is 22.0 Å². The summed E-state index contributed by atoms with van der Waals surface area (Å²) < 4.78 is 27.8. The van der Waals surface area contributed by atoms with Crippen molar-refractivity contribution in [1.29, 1.82) is 0 Å². The van der Waals surface area contributed by atoms with Gasteiger partial charge in [-0.3, -0.25) is 9.29 Å². The van der Waals surface area contributed by atoms with Crippen LogP contribution in [0.15, 0.2) is 89.4 Å². The second-order valence-corrected chi connectivity index (χ2v) is 10.6. The highest BCUT2D eigenvalue weighted by Crippen LogP contribution is 2.34. The molecule has 0 atom stereocenters. The number of aryl methyl sites for hydroxylation is 1. The number of carbonyl (C=O) groups is 1. The predicted octanol–water partition coefficient (Wildman–Crippen LogP) is 5.59. The van der Waals surface area contributed by atoms with Gasteiger partial charge in [-0.15, -0.1) is 11.3 Å². The first-order valence-corrected chi connectivity index (χ1v) is 12.3. The lowest BCUT2D eigenvalue weighted by Crippen LogP contribution is -2.25. The van der Waals surface area contributed by atoms with Gasteiger partial charge in [-0.1, -0.05) is 18.2 Å². The highest BCUT2D eigenvalue weighted by atomic mass is 32.2. The summed E-state index contributed by atoms with van der Waals surface area (Å²) in [5, 5.41) is 5.47. The number of pyridine rings is 1. The molecule has 0 bridgehead atoms. The number of nitrogens with zero attached hydrogens (tertiary/aromatic N) is 2. The molecule has 0 radical (unpaired) electrons. The van der Waals surface area contributed by atoms with E-state index in [-0.39, 0.29) is 10.2 Å². The molecular formula is C24H22N4O3S2. The highest BCUT2D eigenvalue weighted by Gasteiger charge is 2.24. The lowest BCUT2D eigenvalue weighted by atomic mass is 10.1. The van der Waals surface area contributed by atoms with Gasteiger partial charge in [0.05, 0.1) is 5.69 Å². The number of anilines is 3. The zero-order chi connectivity index (χ0) is 23.4. The molecule has 0 fully saturated rings. The van der Waals surface area contributed by atoms with Crippen molar-refractivity contribution in [2.24, 2.45) is 0 Å². The third kappa shape index (κ3) is 5.05. The fourth-order valence-corrected chi connectivity index (χ4v) is 5.92. The number of nitrogens with one attached hydrogen (secondary N) is 2. The van der Waals surface area contributed by atoms with Crippen LogP contribution in [0.2, 0.25) is 0 Å². The van der Waals surface area contributed by atoms with Crippen LogP contribution in [0.5, 0.6) is 0 Å². The van der Waals surface area contributed by atoms with Crippen molar-refractivity contribution in [3.05, 3.63) is 90.8 Å². The number of para-hydroxylation sites is 1. The van der Waals surface area contributed by atoms with Crippen molar-refractivity contribution in [1.82, 2.24) is 4.98 Å². The summed E-state index contributed by atoms with van der Waals surface area (Å²) in [6.07, 6.45) is 3.45. The number of carbonyl (C=O) groups excluding carboxylic acids is 1. The van der Waals surface area contributed by atoms with E-state index in [4.69, 9.17) is 0 Å². The standard InChI is InChI=1S/C24H22N4O3S2/c1-17-14-15-25-16-21(17)22-12-13-23(32-22)33(30,31)28(2)20-10-8-19(9-11-20)27-24(29)26-18-6-4-3-5-7-18/h3-16H,1-2H3,(H2,26,27,29). The Balaban J connectivity index is 1.47. The van der Waals surface area contributed by atoms with Gasteiger partial charge < -0.3 is 10.6 Å². The second-order valence-electron chi connectivity index (χ2n) is 7.27. The van der Waals surface area contributed by atoms with E-state index < -0.39 is 10.0 Å². The number of amides is 2. The first-order valence-electron chi connectivity index (χ1n) is 10.1. The van der Waals surface area contributed by atoms with Crippen molar-refractivity contribution >= 4 is 44.5 Å². The second kappa shape index (κ2) is 9.43. The molecule has 0 saturated heterocycles. The summed E-state index contributed by atoms with van der Waals surface area (Å²) >= 11 is 1.21. The number of sulfonamides is 1. The van der Waals surface area contributed by atoms with Gasteiger partial charge in [-0.05, 0) is 67.1 Å². The van der Waals surface area contributed by atoms with Crippen LogP contribution in [0.25, 0.3) is 10.4 Å². The Kier molecular flexibility index (Phi) is 6.43. The number of urea groups is 1. The van der Waals surface area contributed by atoms with Crippen LogP contribution in [0, 0.1) is 6.92 Å². The molecule has 4 aromatic rings. The third-order valence-corrected chi connectivity index (χ3v) is 8.39. The molecule has 4 rings (SSSR count). The summed E-state index contributed by atoms with van der Waals surface area (Å²) in [4.78, 5) is 17.1. The fourth-order valence-electron chi connectivity index (χ4n) is 3.17. The van der Waals surface area contributed by atoms with E-state index in [1.165, 1.54) is 22.7 Å². The summed E-state index contributed by atoms with van der Waals surface area (Å²) in [7, 11) is -2.23. The number of benzene rings is 2. The minimum Gasteiger partial charge on any atom is -0.308 e. The highest BCUT2D eigenvalue weighted by molar-refractivity contribution is 7.94. The predicted molar refractivity (Wildman–Crippen MR) is 133 cm³/mol. The maximum absolute atomic E-state index is 13.2. The molecule has 0 aliphatic rings. The third-order valence-electron chi connectivity index (χ3n) is 5.02. The van der Waals surface area contributed by atoms with Gasteiger partial charge in [0, 0.05) is 41.3 Å². The van der Waals surface area contributed by atoms with Crippen LogP contribution in [0.3, 0.4) is 0 Å². The number of thiophene rings is 1. The normalized spacial score (nSPS) is 11.1. The van der Waals surface area contributed by atoms with E-state index >= 15 is 0 Å². The molecule has 0 unspecified atom stereocenters. The van der Waals surface area contributed by atoms with Crippen LogP contribution in [-0.4, -0.2) is 26.5 Å². The lowest BCUT2D eigenvalue weighted by Gasteiger charge is -2.19. The van der Waals surface area contributed by atoms with Gasteiger partial charge in [-0.25, -0.2) is 13.2 Å². The van der Waals surface area contributed by atoms with Crippen LogP contribution < -0.4 is 14.9 Å². The van der Waals surface area contributed by atoms with Crippen molar-refractivity contribution in [3.63, 3.8) is 0 Å². The molecule has 0 spiro atoms. The SMILES string of the molecule is Cc1ccncc1-c1ccc(S(=O)(=O)N(C)c2ccc(NC(=O)Nc3ccccc3)cc2)s1. The maximum Gasteiger partial charge on any atom is 0.323 e. The van der Waals surface area contributed by atoms with Gasteiger partial charge >= 0.3 is 6.03 Å². The Hall–Kier alpha value is -3.69. The van der Waals surface area contributed by atoms with Crippen LogP contribution in [0.1, 0.15) is 5.56 Å². The maximum atomic E-state index is 13.2. The van der Waals surface area contributed by atoms with E-state index in [0.717, 1.165) is 16.0 Å². The number of hydrogen-bond acceptors (Lipinski definition) is 5. The smallest absolute Gasteiger partial charge is 0.308 e. The monoisotopic (exact) mass is 478 g/mol. The van der Waals surface area contributed by atoms with Gasteiger partial charge in [0.25, 0.3) is 10.0 Å². The van der Waals surface area contributed by atoms with E-state index in [2.05, 4.69) is 15.6 Å². The largest absolute Gasteiger partial charge is 0.323 e. The molecule has 0 aliphatic carbocycles. The van der Waals surface area contributed by atoms with Crippen LogP contribution in [0.4, 0.5) is 21.9 Å². The lowest BCUT2D eigenvalue weighted by molar-refractivity contribution is 0.262. The van der Waals surface area contributed by atoms with Gasteiger partial charge in [0.15, 0.2) is 0 Å². The van der Waals surface area contributed by atoms with Crippen molar-refractivity contribution in [2.45, 2.75) is 11.1 Å². The molecule has 2 aromatic heterocycles. The molecule has 2 N–H and O–H groups in total. The van der Waals surface area contributed by atoms with E-state index in [9.17, 15) is 13.2 Å². The molecule has 2 heterocycles. The van der Waals surface area contributed by atoms with Crippen LogP contribution >= 0.6 is 11.3 Å². The molecule has 9 heteroatoms. The van der Waals surface area contributed by atoms with Gasteiger partial charge in [0.2, 0.25) is 0 Å². The topological polar surface area (TPSA) is 91.4 Å². The average Bonchev–Trinajstić information content (AvgIpc) is 3.31. The first-order chi connectivity index (χ1) is 15.8. The first kappa shape index (κ1) is 22.5. The summed E-state index contributed by atoms with van der Waals surface area (Å²) in [5.74, 6) is 0. The minimum atomic E-state index is -3.74. The molecule has 0 aliphatic heterocycles. The van der Waals surface area contributed by atoms with Gasteiger partial charge in [-0.2, -0.15) is 0 Å². The fraction of sp³-hybridized carbons (Fsp3) is 0.0833. The molecule has 2 aromatic carbocycles. The Morgan fingerprint density at radius 3 is 2.24 bits per heavy atom. The molecule has 2 amide bonds. The number of hydrogen-bond donors (Lipinski definition) is 2. The molecule has 33 heavy (non-hydrogen) atoms. The molecular weight excluding hydrogens is 456 g/mol. The molecule has 168 valence electrons. The van der Waals surface area contributed by atoms with Crippen molar-refractivity contribution < 1.29 is 13.2 Å². The Morgan fingerprint density at radius 1 is 0.909 bits per heavy atom. The van der Waals surface area contributed by atoms with Crippen molar-refractivity contribution in [3.8, 4) is 10.4 Å². The minimum absolute atomic E-state index is 0.243. The van der Waals surface area contributed by atoms with Gasteiger partial charge in [0.1, 0.15) is 4.21 Å². The summed E-state index contributed by atoms with van der Waals surface area (Å²) in [6.45, 7) is 1.97. The quantitative estimate of drug-likeness (QED) is 0.378. The summed E-state index contributed by atoms with van der Waals surface area (Å²) in [5.41, 5.74) is 3.65. The number of rotatable bonds is 6. The van der Waals surface area contributed by atoms with E-state index in [1.54, 1.807) is 60.9 Å². The van der Waals surface area contributed by atoms with Crippen LogP contribution in [-0.2, 0) is 10.0 Å². The Labute approximate surface area is 196 Å². The Morgan fingerprint density at radius 2 is 1.58 bits per heavy atom. The average molecular weight is 479 g/mol. The van der Waals surface area contributed by atoms with E-state index in [0.29, 0.717) is 17.1 Å². The zero-order valence-electron chi connectivity index (χ0n) is 18.0. The molecule has 0 saturated carbocycles. The van der Waals surface area contributed by atoms with E-state index in [1.807, 2.05) is 31.2 Å². The summed E-state index contributed by atoms with van der Waals surface area (Å²) in [6, 6.07) is 20.6. The molecule has 7 nitrogen and oxygen atoms in total. The Bertz CT molecular complexity index is 1370.